The van der Waals surface area contributed by atoms with Crippen molar-refractivity contribution in [1.29, 1.82) is 0 Å². The predicted molar refractivity (Wildman–Crippen MR) is 91.3 cm³/mol. The van der Waals surface area contributed by atoms with Crippen LogP contribution in [0.15, 0.2) is 18.3 Å². The molecule has 3 rings (SSSR count). The van der Waals surface area contributed by atoms with Gasteiger partial charge in [-0.1, -0.05) is 11.6 Å². The highest BCUT2D eigenvalue weighted by atomic mass is 35.5. The third-order valence-corrected chi connectivity index (χ3v) is 4.60. The van der Waals surface area contributed by atoms with Crippen molar-refractivity contribution in [2.45, 2.75) is 32.8 Å². The lowest BCUT2D eigenvalue weighted by atomic mass is 10.1. The molecule has 0 atom stereocenters. The first-order valence-corrected chi connectivity index (χ1v) is 8.60. The zero-order valence-corrected chi connectivity index (χ0v) is 15.1. The molecule has 0 saturated heterocycles. The van der Waals surface area contributed by atoms with E-state index in [0.29, 0.717) is 32.7 Å². The van der Waals surface area contributed by atoms with E-state index in [4.69, 9.17) is 16.3 Å². The maximum atomic E-state index is 12.6. The fourth-order valence-corrected chi connectivity index (χ4v) is 3.38. The van der Waals surface area contributed by atoms with Gasteiger partial charge in [-0.2, -0.15) is 0 Å². The molecule has 24 heavy (non-hydrogen) atoms. The Morgan fingerprint density at radius 1 is 1.38 bits per heavy atom. The quantitative estimate of drug-likeness (QED) is 0.768. The molecule has 1 aliphatic rings. The zero-order chi connectivity index (χ0) is 17.5. The molecule has 0 aliphatic carbocycles. The SMILES string of the molecule is CC(C)(C)OC(=O)N1CCc2nc(-c3ccc(Cl)cn3)sc2C1=O. The summed E-state index contributed by atoms with van der Waals surface area (Å²) in [6.45, 7) is 5.56. The van der Waals surface area contributed by atoms with Gasteiger partial charge in [-0.15, -0.1) is 11.3 Å². The van der Waals surface area contributed by atoms with E-state index in [1.165, 1.54) is 17.5 Å². The summed E-state index contributed by atoms with van der Waals surface area (Å²) in [5.74, 6) is -0.372. The summed E-state index contributed by atoms with van der Waals surface area (Å²) in [4.78, 5) is 35.1. The van der Waals surface area contributed by atoms with Gasteiger partial charge >= 0.3 is 6.09 Å². The number of amides is 2. The molecular formula is C16H16ClN3O3S. The topological polar surface area (TPSA) is 72.4 Å². The van der Waals surface area contributed by atoms with Crippen molar-refractivity contribution in [2.24, 2.45) is 0 Å². The Labute approximate surface area is 148 Å². The normalized spacial score (nSPS) is 14.5. The molecule has 2 amide bonds. The van der Waals surface area contributed by atoms with Gasteiger partial charge in [-0.25, -0.2) is 14.7 Å². The monoisotopic (exact) mass is 365 g/mol. The number of thiazole rings is 1. The molecule has 8 heteroatoms. The van der Waals surface area contributed by atoms with Gasteiger partial charge in [0.1, 0.15) is 15.5 Å². The van der Waals surface area contributed by atoms with Crippen LogP contribution in [0.2, 0.25) is 5.02 Å². The summed E-state index contributed by atoms with van der Waals surface area (Å²) in [6.07, 6.45) is 1.41. The number of pyridine rings is 1. The van der Waals surface area contributed by atoms with Gasteiger partial charge in [0.05, 0.1) is 16.4 Å². The van der Waals surface area contributed by atoms with Crippen LogP contribution in [0.3, 0.4) is 0 Å². The van der Waals surface area contributed by atoms with Crippen LogP contribution in [0, 0.1) is 0 Å². The Balaban J connectivity index is 1.86. The predicted octanol–water partition coefficient (Wildman–Crippen LogP) is 3.79. The van der Waals surface area contributed by atoms with E-state index >= 15 is 0 Å². The first-order chi connectivity index (χ1) is 11.2. The average molecular weight is 366 g/mol. The van der Waals surface area contributed by atoms with Crippen LogP contribution in [0.5, 0.6) is 0 Å². The average Bonchev–Trinajstić information content (AvgIpc) is 2.91. The largest absolute Gasteiger partial charge is 0.443 e. The lowest BCUT2D eigenvalue weighted by Gasteiger charge is -2.27. The Hall–Kier alpha value is -1.99. The molecule has 0 aromatic carbocycles. The molecule has 0 radical (unpaired) electrons. The van der Waals surface area contributed by atoms with Crippen LogP contribution in [0.4, 0.5) is 4.79 Å². The highest BCUT2D eigenvalue weighted by Crippen LogP contribution is 2.31. The molecule has 3 heterocycles. The fourth-order valence-electron chi connectivity index (χ4n) is 2.23. The van der Waals surface area contributed by atoms with Crippen LogP contribution in [-0.2, 0) is 11.2 Å². The molecule has 0 saturated carbocycles. The minimum atomic E-state index is -0.649. The lowest BCUT2D eigenvalue weighted by Crippen LogP contribution is -2.44. The van der Waals surface area contributed by atoms with Gasteiger partial charge < -0.3 is 4.74 Å². The molecule has 0 bridgehead atoms. The van der Waals surface area contributed by atoms with Gasteiger partial charge in [0, 0.05) is 19.2 Å². The number of rotatable bonds is 1. The first-order valence-electron chi connectivity index (χ1n) is 7.41. The minimum absolute atomic E-state index is 0.262. The van der Waals surface area contributed by atoms with E-state index in [-0.39, 0.29) is 12.5 Å². The molecule has 0 N–H and O–H groups in total. The van der Waals surface area contributed by atoms with E-state index in [2.05, 4.69) is 9.97 Å². The summed E-state index contributed by atoms with van der Waals surface area (Å²) < 4.78 is 5.29. The standard InChI is InChI=1S/C16H16ClN3O3S/c1-16(2,3)23-15(22)20-7-6-10-12(14(20)21)24-13(19-10)11-5-4-9(17)8-18-11/h4-5,8H,6-7H2,1-3H3. The van der Waals surface area contributed by atoms with Crippen molar-refractivity contribution in [3.8, 4) is 10.7 Å². The highest BCUT2D eigenvalue weighted by molar-refractivity contribution is 7.17. The number of carbonyl (C=O) groups excluding carboxylic acids is 2. The number of ether oxygens (including phenoxy) is 1. The number of hydrogen-bond acceptors (Lipinski definition) is 6. The van der Waals surface area contributed by atoms with Crippen molar-refractivity contribution in [2.75, 3.05) is 6.54 Å². The summed E-state index contributed by atoms with van der Waals surface area (Å²) in [5.41, 5.74) is 0.691. The second kappa shape index (κ2) is 6.14. The summed E-state index contributed by atoms with van der Waals surface area (Å²) in [5, 5.41) is 1.17. The van der Waals surface area contributed by atoms with Crippen LogP contribution in [-0.4, -0.2) is 39.0 Å². The number of fused-ring (bicyclic) bond motifs is 1. The number of halogens is 1. The minimum Gasteiger partial charge on any atom is -0.443 e. The smallest absolute Gasteiger partial charge is 0.417 e. The van der Waals surface area contributed by atoms with Crippen LogP contribution in [0.25, 0.3) is 10.7 Å². The van der Waals surface area contributed by atoms with Crippen molar-refractivity contribution in [3.05, 3.63) is 33.9 Å². The number of imide groups is 1. The molecule has 126 valence electrons. The first kappa shape index (κ1) is 16.9. The van der Waals surface area contributed by atoms with Crippen molar-refractivity contribution in [1.82, 2.24) is 14.9 Å². The van der Waals surface area contributed by atoms with Crippen molar-refractivity contribution in [3.63, 3.8) is 0 Å². The third kappa shape index (κ3) is 3.42. The fraction of sp³-hybridized carbons (Fsp3) is 0.375. The molecule has 2 aromatic rings. The number of hydrogen-bond donors (Lipinski definition) is 0. The van der Waals surface area contributed by atoms with Gasteiger partial charge in [-0.3, -0.25) is 9.78 Å². The maximum Gasteiger partial charge on any atom is 0.417 e. The zero-order valence-electron chi connectivity index (χ0n) is 13.5. The molecule has 6 nitrogen and oxygen atoms in total. The summed E-state index contributed by atoms with van der Waals surface area (Å²) in [6, 6.07) is 3.47. The molecule has 0 unspecified atom stereocenters. The van der Waals surface area contributed by atoms with Gasteiger partial charge in [0.15, 0.2) is 0 Å². The molecule has 1 aliphatic heterocycles. The second-order valence-electron chi connectivity index (χ2n) is 6.34. The second-order valence-corrected chi connectivity index (χ2v) is 7.78. The van der Waals surface area contributed by atoms with Crippen LogP contribution in [0.1, 0.15) is 36.1 Å². The highest BCUT2D eigenvalue weighted by Gasteiger charge is 2.35. The number of nitrogens with zero attached hydrogens (tertiary/aromatic N) is 3. The van der Waals surface area contributed by atoms with Gasteiger partial charge in [0.2, 0.25) is 0 Å². The molecule has 0 spiro atoms. The maximum absolute atomic E-state index is 12.6. The molecule has 0 fully saturated rings. The third-order valence-electron chi connectivity index (χ3n) is 3.27. The van der Waals surface area contributed by atoms with Crippen LogP contribution >= 0.6 is 22.9 Å². The van der Waals surface area contributed by atoms with Gasteiger partial charge in [0.25, 0.3) is 5.91 Å². The van der Waals surface area contributed by atoms with Crippen molar-refractivity contribution < 1.29 is 14.3 Å². The van der Waals surface area contributed by atoms with E-state index in [0.717, 1.165) is 4.90 Å². The Kier molecular flexibility index (Phi) is 4.31. The van der Waals surface area contributed by atoms with E-state index in [9.17, 15) is 9.59 Å². The van der Waals surface area contributed by atoms with E-state index in [1.54, 1.807) is 32.9 Å². The Morgan fingerprint density at radius 2 is 2.12 bits per heavy atom. The van der Waals surface area contributed by atoms with Gasteiger partial charge in [-0.05, 0) is 32.9 Å². The Bertz CT molecular complexity index is 796. The molecular weight excluding hydrogens is 350 g/mol. The Morgan fingerprint density at radius 3 is 2.75 bits per heavy atom. The van der Waals surface area contributed by atoms with Crippen molar-refractivity contribution >= 4 is 34.9 Å². The lowest BCUT2D eigenvalue weighted by molar-refractivity contribution is 0.0235. The summed E-state index contributed by atoms with van der Waals surface area (Å²) in [7, 11) is 0. The molecule has 2 aromatic heterocycles. The number of carbonyl (C=O) groups is 2. The van der Waals surface area contributed by atoms with E-state index in [1.807, 2.05) is 0 Å². The van der Waals surface area contributed by atoms with Crippen LogP contribution < -0.4 is 0 Å². The van der Waals surface area contributed by atoms with E-state index < -0.39 is 11.7 Å². The summed E-state index contributed by atoms with van der Waals surface area (Å²) >= 11 is 7.06. The number of aromatic nitrogens is 2.